The highest BCUT2D eigenvalue weighted by Crippen LogP contribution is 2.35. The summed E-state index contributed by atoms with van der Waals surface area (Å²) in [4.78, 5) is 25.4. The van der Waals surface area contributed by atoms with Crippen molar-refractivity contribution in [2.24, 2.45) is 0 Å². The van der Waals surface area contributed by atoms with Gasteiger partial charge in [-0.25, -0.2) is 9.97 Å². The van der Waals surface area contributed by atoms with E-state index in [1.54, 1.807) is 0 Å². The average Bonchev–Trinajstić information content (AvgIpc) is 3.33. The van der Waals surface area contributed by atoms with Gasteiger partial charge in [0, 0.05) is 44.4 Å². The first-order valence-electron chi connectivity index (χ1n) is 9.70. The zero-order valence-corrected chi connectivity index (χ0v) is 14.9. The number of nitrogens with zero attached hydrogens (tertiary/aromatic N) is 6. The lowest BCUT2D eigenvalue weighted by molar-refractivity contribution is -0.117. The van der Waals surface area contributed by atoms with E-state index in [-0.39, 0.29) is 5.91 Å². The van der Waals surface area contributed by atoms with E-state index >= 15 is 0 Å². The molecule has 3 fully saturated rings. The fraction of sp³-hybridized carbons (Fsp3) is 0.579. The van der Waals surface area contributed by atoms with Gasteiger partial charge < -0.3 is 9.80 Å². The summed E-state index contributed by atoms with van der Waals surface area (Å²) in [5.41, 5.74) is 0.931. The minimum absolute atomic E-state index is 0.210. The van der Waals surface area contributed by atoms with Crippen molar-refractivity contribution in [3.63, 3.8) is 0 Å². The Bertz CT molecular complexity index is 814. The number of carbonyl (C=O) groups is 1. The second kappa shape index (κ2) is 6.37. The molecule has 3 aliphatic rings. The molecule has 2 aromatic heterocycles. The third kappa shape index (κ3) is 2.75. The Balaban J connectivity index is 1.29. The Hall–Kier alpha value is -2.44. The molecule has 1 aliphatic carbocycles. The molecular formula is C19H24N6O. The lowest BCUT2D eigenvalue weighted by atomic mass is 9.85. The molecule has 1 atom stereocenters. The van der Waals surface area contributed by atoms with Crippen LogP contribution in [0.4, 0.5) is 11.5 Å². The molecule has 1 unspecified atom stereocenters. The Morgan fingerprint density at radius 2 is 2.04 bits per heavy atom. The van der Waals surface area contributed by atoms with Crippen molar-refractivity contribution >= 4 is 17.4 Å². The molecule has 4 heterocycles. The van der Waals surface area contributed by atoms with E-state index in [2.05, 4.69) is 15.0 Å². The standard InChI is InChI=1S/C19H24N6O/c26-18-5-2-9-24(18)16-11-21-25(13-16)15-7-10-23(12-15)17-6-8-20-19(22-17)14-3-1-4-14/h6,8,11,13-15H,1-5,7,9-10,12H2. The highest BCUT2D eigenvalue weighted by molar-refractivity contribution is 5.95. The Morgan fingerprint density at radius 1 is 1.12 bits per heavy atom. The monoisotopic (exact) mass is 352 g/mol. The number of rotatable bonds is 4. The van der Waals surface area contributed by atoms with Crippen molar-refractivity contribution in [3.8, 4) is 0 Å². The fourth-order valence-electron chi connectivity index (χ4n) is 4.16. The quantitative estimate of drug-likeness (QED) is 0.846. The van der Waals surface area contributed by atoms with Gasteiger partial charge in [-0.2, -0.15) is 5.10 Å². The number of aromatic nitrogens is 4. The lowest BCUT2D eigenvalue weighted by Gasteiger charge is -2.25. The van der Waals surface area contributed by atoms with Crippen LogP contribution in [0, 0.1) is 0 Å². The topological polar surface area (TPSA) is 67.2 Å². The first-order chi connectivity index (χ1) is 12.8. The van der Waals surface area contributed by atoms with Crippen LogP contribution in [0.3, 0.4) is 0 Å². The van der Waals surface area contributed by atoms with E-state index in [1.165, 1.54) is 19.3 Å². The van der Waals surface area contributed by atoms with Gasteiger partial charge in [-0.15, -0.1) is 0 Å². The zero-order chi connectivity index (χ0) is 17.5. The molecule has 2 aromatic rings. The molecule has 2 aliphatic heterocycles. The normalized spacial score (nSPS) is 23.7. The van der Waals surface area contributed by atoms with Crippen LogP contribution in [-0.2, 0) is 4.79 Å². The molecule has 0 radical (unpaired) electrons. The number of carbonyl (C=O) groups excluding carboxylic acids is 1. The molecule has 5 rings (SSSR count). The van der Waals surface area contributed by atoms with Gasteiger partial charge in [-0.05, 0) is 31.7 Å². The van der Waals surface area contributed by atoms with Gasteiger partial charge in [0.05, 0.1) is 17.9 Å². The molecule has 0 N–H and O–H groups in total. The van der Waals surface area contributed by atoms with Crippen LogP contribution < -0.4 is 9.80 Å². The predicted octanol–water partition coefficient (Wildman–Crippen LogP) is 2.52. The van der Waals surface area contributed by atoms with Gasteiger partial charge in [-0.3, -0.25) is 9.48 Å². The average molecular weight is 352 g/mol. The first kappa shape index (κ1) is 15.8. The molecule has 7 heteroatoms. The Kier molecular flexibility index (Phi) is 3.87. The molecule has 2 saturated heterocycles. The molecule has 1 saturated carbocycles. The molecule has 1 amide bonds. The zero-order valence-electron chi connectivity index (χ0n) is 14.9. The van der Waals surface area contributed by atoms with Gasteiger partial charge in [0.2, 0.25) is 5.91 Å². The summed E-state index contributed by atoms with van der Waals surface area (Å²) >= 11 is 0. The summed E-state index contributed by atoms with van der Waals surface area (Å²) in [6.45, 7) is 2.69. The van der Waals surface area contributed by atoms with Gasteiger partial charge >= 0.3 is 0 Å². The number of hydrogen-bond donors (Lipinski definition) is 0. The Labute approximate surface area is 153 Å². The van der Waals surface area contributed by atoms with E-state index in [9.17, 15) is 4.79 Å². The van der Waals surface area contributed by atoms with Crippen molar-refractivity contribution in [2.45, 2.75) is 50.5 Å². The van der Waals surface area contributed by atoms with Crippen molar-refractivity contribution in [2.75, 3.05) is 29.4 Å². The predicted molar refractivity (Wildman–Crippen MR) is 98.3 cm³/mol. The van der Waals surface area contributed by atoms with Crippen LogP contribution in [0.25, 0.3) is 0 Å². The van der Waals surface area contributed by atoms with Gasteiger partial charge in [-0.1, -0.05) is 6.42 Å². The maximum atomic E-state index is 11.9. The SMILES string of the molecule is O=C1CCCN1c1cnn(C2CCN(c3ccnc(C4CCC4)n3)C2)c1. The van der Waals surface area contributed by atoms with Crippen LogP contribution in [0.5, 0.6) is 0 Å². The summed E-state index contributed by atoms with van der Waals surface area (Å²) in [6, 6.07) is 2.34. The highest BCUT2D eigenvalue weighted by atomic mass is 16.2. The smallest absolute Gasteiger partial charge is 0.227 e. The van der Waals surface area contributed by atoms with Gasteiger partial charge in [0.15, 0.2) is 0 Å². The number of amides is 1. The summed E-state index contributed by atoms with van der Waals surface area (Å²) in [5.74, 6) is 2.81. The Morgan fingerprint density at radius 3 is 2.81 bits per heavy atom. The van der Waals surface area contributed by atoms with Crippen molar-refractivity contribution in [1.82, 2.24) is 19.7 Å². The van der Waals surface area contributed by atoms with E-state index in [4.69, 9.17) is 4.98 Å². The molecule has 26 heavy (non-hydrogen) atoms. The van der Waals surface area contributed by atoms with E-state index < -0.39 is 0 Å². The molecule has 7 nitrogen and oxygen atoms in total. The summed E-state index contributed by atoms with van der Waals surface area (Å²) in [6.07, 6.45) is 12.1. The van der Waals surface area contributed by atoms with Crippen LogP contribution in [-0.4, -0.2) is 45.3 Å². The van der Waals surface area contributed by atoms with E-state index in [0.717, 1.165) is 49.8 Å². The summed E-state index contributed by atoms with van der Waals surface area (Å²) in [5, 5.41) is 4.54. The molecular weight excluding hydrogens is 328 g/mol. The molecule has 0 bridgehead atoms. The van der Waals surface area contributed by atoms with Crippen LogP contribution in [0.15, 0.2) is 24.7 Å². The van der Waals surface area contributed by atoms with Crippen molar-refractivity contribution < 1.29 is 4.79 Å². The van der Waals surface area contributed by atoms with Crippen LogP contribution in [0.2, 0.25) is 0 Å². The first-order valence-corrected chi connectivity index (χ1v) is 9.70. The summed E-state index contributed by atoms with van der Waals surface area (Å²) < 4.78 is 2.02. The minimum Gasteiger partial charge on any atom is -0.354 e. The molecule has 136 valence electrons. The lowest BCUT2D eigenvalue weighted by Crippen LogP contribution is -2.24. The largest absolute Gasteiger partial charge is 0.354 e. The maximum Gasteiger partial charge on any atom is 0.227 e. The third-order valence-electron chi connectivity index (χ3n) is 5.96. The van der Waals surface area contributed by atoms with Gasteiger partial charge in [0.25, 0.3) is 0 Å². The molecule has 0 spiro atoms. The maximum absolute atomic E-state index is 11.9. The van der Waals surface area contributed by atoms with Crippen molar-refractivity contribution in [3.05, 3.63) is 30.5 Å². The van der Waals surface area contributed by atoms with Crippen molar-refractivity contribution in [1.29, 1.82) is 0 Å². The second-order valence-corrected chi connectivity index (χ2v) is 7.62. The van der Waals surface area contributed by atoms with Crippen LogP contribution in [0.1, 0.15) is 56.3 Å². The summed E-state index contributed by atoms with van der Waals surface area (Å²) in [7, 11) is 0. The van der Waals surface area contributed by atoms with Crippen LogP contribution >= 0.6 is 0 Å². The second-order valence-electron chi connectivity index (χ2n) is 7.62. The third-order valence-corrected chi connectivity index (χ3v) is 5.96. The number of anilines is 2. The van der Waals surface area contributed by atoms with Gasteiger partial charge in [0.1, 0.15) is 11.6 Å². The van der Waals surface area contributed by atoms with E-state index in [1.807, 2.05) is 34.2 Å². The van der Waals surface area contributed by atoms with E-state index in [0.29, 0.717) is 18.4 Å². The highest BCUT2D eigenvalue weighted by Gasteiger charge is 2.29. The number of hydrogen-bond acceptors (Lipinski definition) is 5. The fourth-order valence-corrected chi connectivity index (χ4v) is 4.16. The molecule has 0 aromatic carbocycles. The minimum atomic E-state index is 0.210.